The minimum atomic E-state index is -4.06. The van der Waals surface area contributed by atoms with Gasteiger partial charge in [0, 0.05) is 24.6 Å². The second kappa shape index (κ2) is 8.94. The number of sulfonamides is 1. The summed E-state index contributed by atoms with van der Waals surface area (Å²) < 4.78 is 53.0. The first kappa shape index (κ1) is 21.7. The average Bonchev–Trinajstić information content (AvgIpc) is 3.30. The van der Waals surface area contributed by atoms with Gasteiger partial charge < -0.3 is 14.4 Å². The van der Waals surface area contributed by atoms with Crippen LogP contribution in [-0.2, 0) is 19.5 Å². The molecule has 4 rings (SSSR count). The number of carbonyl (C=O) groups is 1. The molecule has 2 saturated heterocycles. The van der Waals surface area contributed by atoms with Crippen molar-refractivity contribution in [3.8, 4) is 0 Å². The predicted octanol–water partition coefficient (Wildman–Crippen LogP) is 3.16. The molecule has 2 heterocycles. The summed E-state index contributed by atoms with van der Waals surface area (Å²) in [5, 5.41) is 0. The van der Waals surface area contributed by atoms with E-state index in [1.54, 1.807) is 17.9 Å². The number of hydrogen-bond acceptors (Lipinski definition) is 5. The fraction of sp³-hybridized carbons (Fsp3) is 0.409. The van der Waals surface area contributed by atoms with Crippen molar-refractivity contribution < 1.29 is 27.1 Å². The number of likely N-dealkylation sites (tertiary alicyclic amines) is 1. The lowest BCUT2D eigenvalue weighted by atomic mass is 9.96. The topological polar surface area (TPSA) is 84.9 Å². The van der Waals surface area contributed by atoms with Crippen molar-refractivity contribution in [3.63, 3.8) is 0 Å². The number of nitrogens with zero attached hydrogens (tertiary/aromatic N) is 1. The van der Waals surface area contributed by atoms with Gasteiger partial charge in [-0.3, -0.25) is 9.52 Å². The molecule has 1 amide bonds. The SMILES string of the molecule is Cc1ccc(S(=O)(=O)Nc2ccccc2F)cc1C(=O)N1CCCC(C2OCCO2)C1. The standard InChI is InChI=1S/C22H25FN2O5S/c1-15-8-9-17(31(27,28)24-20-7-3-2-6-19(20)23)13-18(15)21(26)25-10-4-5-16(14-25)22-29-11-12-30-22/h2-3,6-9,13,16,22,24H,4-5,10-12,14H2,1H3. The number of benzene rings is 2. The number of aryl methyl sites for hydroxylation is 1. The van der Waals surface area contributed by atoms with Crippen molar-refractivity contribution in [1.82, 2.24) is 4.90 Å². The molecule has 1 unspecified atom stereocenters. The van der Waals surface area contributed by atoms with Gasteiger partial charge in [0.05, 0.1) is 23.8 Å². The van der Waals surface area contributed by atoms with Gasteiger partial charge in [0.15, 0.2) is 6.29 Å². The Kier molecular flexibility index (Phi) is 6.27. The minimum absolute atomic E-state index is 0.0927. The highest BCUT2D eigenvalue weighted by Gasteiger charge is 2.33. The zero-order chi connectivity index (χ0) is 22.0. The summed E-state index contributed by atoms with van der Waals surface area (Å²) in [5.74, 6) is -0.816. The number of nitrogens with one attached hydrogen (secondary N) is 1. The second-order valence-corrected chi connectivity index (χ2v) is 9.51. The Morgan fingerprint density at radius 2 is 1.90 bits per heavy atom. The summed E-state index contributed by atoms with van der Waals surface area (Å²) in [6.07, 6.45) is 1.44. The van der Waals surface area contributed by atoms with Crippen LogP contribution in [0.5, 0.6) is 0 Å². The number of ether oxygens (including phenoxy) is 2. The van der Waals surface area contributed by atoms with Crippen molar-refractivity contribution in [2.75, 3.05) is 31.0 Å². The van der Waals surface area contributed by atoms with Crippen molar-refractivity contribution in [3.05, 3.63) is 59.4 Å². The van der Waals surface area contributed by atoms with Crippen LogP contribution in [-0.4, -0.2) is 51.8 Å². The Morgan fingerprint density at radius 3 is 2.65 bits per heavy atom. The van der Waals surface area contributed by atoms with Gasteiger partial charge in [-0.2, -0.15) is 0 Å². The van der Waals surface area contributed by atoms with Gasteiger partial charge in [0.2, 0.25) is 0 Å². The third-order valence-electron chi connectivity index (χ3n) is 5.65. The Hall–Kier alpha value is -2.49. The molecule has 0 aliphatic carbocycles. The first-order chi connectivity index (χ1) is 14.8. The molecule has 0 bridgehead atoms. The number of carbonyl (C=O) groups excluding carboxylic acids is 1. The van der Waals surface area contributed by atoms with E-state index in [2.05, 4.69) is 4.72 Å². The van der Waals surface area contributed by atoms with E-state index in [0.717, 1.165) is 12.8 Å². The third-order valence-corrected chi connectivity index (χ3v) is 7.01. The normalized spacial score (nSPS) is 20.1. The lowest BCUT2D eigenvalue weighted by Crippen LogP contribution is -2.44. The molecule has 2 fully saturated rings. The van der Waals surface area contributed by atoms with Crippen molar-refractivity contribution in [1.29, 1.82) is 0 Å². The molecule has 0 saturated carbocycles. The summed E-state index contributed by atoms with van der Waals surface area (Å²) in [6.45, 7) is 3.96. The molecule has 2 aromatic carbocycles. The van der Waals surface area contributed by atoms with Gasteiger partial charge in [0.25, 0.3) is 15.9 Å². The molecule has 2 aromatic rings. The quantitative estimate of drug-likeness (QED) is 0.760. The highest BCUT2D eigenvalue weighted by molar-refractivity contribution is 7.92. The van der Waals surface area contributed by atoms with E-state index in [1.807, 2.05) is 0 Å². The van der Waals surface area contributed by atoms with Crippen LogP contribution in [0.1, 0.15) is 28.8 Å². The zero-order valence-electron chi connectivity index (χ0n) is 17.2. The number of halogens is 1. The van der Waals surface area contributed by atoms with Crippen LogP contribution in [0.2, 0.25) is 0 Å². The molecule has 1 atom stereocenters. The smallest absolute Gasteiger partial charge is 0.262 e. The molecule has 31 heavy (non-hydrogen) atoms. The summed E-state index contributed by atoms with van der Waals surface area (Å²) >= 11 is 0. The maximum absolute atomic E-state index is 13.9. The third kappa shape index (κ3) is 4.73. The molecule has 0 aromatic heterocycles. The monoisotopic (exact) mass is 448 g/mol. The van der Waals surface area contributed by atoms with Crippen molar-refractivity contribution in [2.45, 2.75) is 31.0 Å². The van der Waals surface area contributed by atoms with Crippen molar-refractivity contribution >= 4 is 21.6 Å². The van der Waals surface area contributed by atoms with Crippen molar-refractivity contribution in [2.24, 2.45) is 5.92 Å². The molecule has 1 N–H and O–H groups in total. The number of anilines is 1. The highest BCUT2D eigenvalue weighted by Crippen LogP contribution is 2.27. The summed E-state index contributed by atoms with van der Waals surface area (Å²) in [7, 11) is -4.06. The summed E-state index contributed by atoms with van der Waals surface area (Å²) in [6, 6.07) is 9.88. The van der Waals surface area contributed by atoms with E-state index in [-0.39, 0.29) is 28.7 Å². The van der Waals surface area contributed by atoms with E-state index in [0.29, 0.717) is 37.4 Å². The van der Waals surface area contributed by atoms with Crippen LogP contribution in [0.25, 0.3) is 0 Å². The van der Waals surface area contributed by atoms with Gasteiger partial charge in [0.1, 0.15) is 5.82 Å². The molecule has 9 heteroatoms. The van der Waals surface area contributed by atoms with Crippen LogP contribution < -0.4 is 4.72 Å². The molecular weight excluding hydrogens is 423 g/mol. The van der Waals surface area contributed by atoms with Gasteiger partial charge in [-0.05, 0) is 49.6 Å². The van der Waals surface area contributed by atoms with Gasteiger partial charge in [-0.1, -0.05) is 18.2 Å². The van der Waals surface area contributed by atoms with Crippen LogP contribution in [0.3, 0.4) is 0 Å². The molecule has 0 spiro atoms. The van der Waals surface area contributed by atoms with Gasteiger partial charge >= 0.3 is 0 Å². The van der Waals surface area contributed by atoms with Crippen LogP contribution in [0, 0.1) is 18.7 Å². The summed E-state index contributed by atoms with van der Waals surface area (Å²) in [5.41, 5.74) is 0.835. The second-order valence-electron chi connectivity index (χ2n) is 7.83. The average molecular weight is 449 g/mol. The highest BCUT2D eigenvalue weighted by atomic mass is 32.2. The van der Waals surface area contributed by atoms with E-state index in [9.17, 15) is 17.6 Å². The number of amides is 1. The molecule has 166 valence electrons. The fourth-order valence-electron chi connectivity index (χ4n) is 3.98. The number of rotatable bonds is 5. The molecular formula is C22H25FN2O5S. The van der Waals surface area contributed by atoms with Crippen LogP contribution >= 0.6 is 0 Å². The predicted molar refractivity (Wildman–Crippen MR) is 113 cm³/mol. The first-order valence-corrected chi connectivity index (χ1v) is 11.7. The Bertz CT molecular complexity index is 1070. The van der Waals surface area contributed by atoms with Gasteiger partial charge in [-0.25, -0.2) is 12.8 Å². The van der Waals surface area contributed by atoms with E-state index >= 15 is 0 Å². The Labute approximate surface area is 181 Å². The lowest BCUT2D eigenvalue weighted by molar-refractivity contribution is -0.0969. The van der Waals surface area contributed by atoms with E-state index in [1.165, 1.54) is 36.4 Å². The maximum Gasteiger partial charge on any atom is 0.262 e. The first-order valence-electron chi connectivity index (χ1n) is 10.3. The minimum Gasteiger partial charge on any atom is -0.350 e. The lowest BCUT2D eigenvalue weighted by Gasteiger charge is -2.35. The molecule has 7 nitrogen and oxygen atoms in total. The summed E-state index contributed by atoms with van der Waals surface area (Å²) in [4.78, 5) is 14.9. The van der Waals surface area contributed by atoms with Crippen LogP contribution in [0.4, 0.5) is 10.1 Å². The zero-order valence-corrected chi connectivity index (χ0v) is 18.0. The Morgan fingerprint density at radius 1 is 1.16 bits per heavy atom. The van der Waals surface area contributed by atoms with Gasteiger partial charge in [-0.15, -0.1) is 0 Å². The molecule has 2 aliphatic rings. The van der Waals surface area contributed by atoms with E-state index in [4.69, 9.17) is 9.47 Å². The largest absolute Gasteiger partial charge is 0.350 e. The van der Waals surface area contributed by atoms with Crippen LogP contribution in [0.15, 0.2) is 47.4 Å². The molecule has 0 radical (unpaired) electrons. The molecule has 2 aliphatic heterocycles. The Balaban J connectivity index is 1.55. The maximum atomic E-state index is 13.9. The number of para-hydroxylation sites is 1. The number of hydrogen-bond donors (Lipinski definition) is 1. The van der Waals surface area contributed by atoms with E-state index < -0.39 is 15.8 Å². The fourth-order valence-corrected chi connectivity index (χ4v) is 5.08. The number of piperidine rings is 1.